The van der Waals surface area contributed by atoms with E-state index < -0.39 is 0 Å². The summed E-state index contributed by atoms with van der Waals surface area (Å²) in [5.41, 5.74) is 1.37. The molecule has 0 saturated heterocycles. The van der Waals surface area contributed by atoms with E-state index in [0.717, 1.165) is 19.4 Å². The molecule has 0 aliphatic carbocycles. The van der Waals surface area contributed by atoms with Gasteiger partial charge in [-0.05, 0) is 59.4 Å². The van der Waals surface area contributed by atoms with Crippen molar-refractivity contribution in [3.8, 4) is 0 Å². The standard InChI is InChI=1S/C16H19Br2NS/c1-2-7-19-14(10-15-9-13(17)11-20-15)8-12-5-3-4-6-16(12)18/h3-6,9,11,14,19H,2,7-8,10H2,1H3. The van der Waals surface area contributed by atoms with Gasteiger partial charge in [0, 0.05) is 25.2 Å². The quantitative estimate of drug-likeness (QED) is 0.634. The summed E-state index contributed by atoms with van der Waals surface area (Å²) in [7, 11) is 0. The highest BCUT2D eigenvalue weighted by Crippen LogP contribution is 2.23. The summed E-state index contributed by atoms with van der Waals surface area (Å²) >= 11 is 9.01. The molecular formula is C16H19Br2NS. The molecule has 1 heterocycles. The van der Waals surface area contributed by atoms with Gasteiger partial charge in [0.05, 0.1) is 0 Å². The molecule has 1 N–H and O–H groups in total. The van der Waals surface area contributed by atoms with Gasteiger partial charge in [-0.25, -0.2) is 0 Å². The summed E-state index contributed by atoms with van der Waals surface area (Å²) in [6.07, 6.45) is 3.30. The van der Waals surface area contributed by atoms with Crippen molar-refractivity contribution in [1.29, 1.82) is 0 Å². The minimum Gasteiger partial charge on any atom is -0.313 e. The highest BCUT2D eigenvalue weighted by atomic mass is 79.9. The predicted molar refractivity (Wildman–Crippen MR) is 95.7 cm³/mol. The van der Waals surface area contributed by atoms with Crippen molar-refractivity contribution >= 4 is 43.2 Å². The largest absolute Gasteiger partial charge is 0.313 e. The summed E-state index contributed by atoms with van der Waals surface area (Å²) in [5.74, 6) is 0. The number of halogens is 2. The first-order valence-corrected chi connectivity index (χ1v) is 9.35. The van der Waals surface area contributed by atoms with Crippen LogP contribution in [0.15, 0.2) is 44.7 Å². The summed E-state index contributed by atoms with van der Waals surface area (Å²) in [4.78, 5) is 1.43. The van der Waals surface area contributed by atoms with Crippen molar-refractivity contribution in [3.63, 3.8) is 0 Å². The van der Waals surface area contributed by atoms with Gasteiger partial charge in [-0.1, -0.05) is 41.1 Å². The van der Waals surface area contributed by atoms with Crippen molar-refractivity contribution in [3.05, 3.63) is 55.1 Å². The molecule has 1 unspecified atom stereocenters. The SMILES string of the molecule is CCCNC(Cc1cc(Br)cs1)Cc1ccccc1Br. The Labute approximate surface area is 142 Å². The summed E-state index contributed by atoms with van der Waals surface area (Å²) in [5, 5.41) is 5.83. The molecular weight excluding hydrogens is 398 g/mol. The van der Waals surface area contributed by atoms with Gasteiger partial charge >= 0.3 is 0 Å². The lowest BCUT2D eigenvalue weighted by Gasteiger charge is -2.18. The van der Waals surface area contributed by atoms with E-state index in [1.807, 2.05) is 11.3 Å². The van der Waals surface area contributed by atoms with Crippen LogP contribution < -0.4 is 5.32 Å². The predicted octanol–water partition coefficient (Wildman–Crippen LogP) is 5.43. The van der Waals surface area contributed by atoms with Gasteiger partial charge in [-0.3, -0.25) is 0 Å². The van der Waals surface area contributed by atoms with E-state index in [-0.39, 0.29) is 0 Å². The van der Waals surface area contributed by atoms with Gasteiger partial charge in [0.25, 0.3) is 0 Å². The number of rotatable bonds is 7. The molecule has 0 aliphatic heterocycles. The molecule has 0 saturated carbocycles. The third-order valence-corrected chi connectivity index (χ3v) is 5.67. The Morgan fingerprint density at radius 2 is 2.00 bits per heavy atom. The second-order valence-corrected chi connectivity index (χ2v) is 7.65. The van der Waals surface area contributed by atoms with Crippen LogP contribution in [0.25, 0.3) is 0 Å². The van der Waals surface area contributed by atoms with Crippen LogP contribution in [0, 0.1) is 0 Å². The zero-order valence-corrected chi connectivity index (χ0v) is 15.5. The lowest BCUT2D eigenvalue weighted by Crippen LogP contribution is -2.33. The van der Waals surface area contributed by atoms with Crippen molar-refractivity contribution in [2.75, 3.05) is 6.54 Å². The Hall–Kier alpha value is -0.160. The average Bonchev–Trinajstić information content (AvgIpc) is 2.84. The molecule has 0 fully saturated rings. The van der Waals surface area contributed by atoms with Crippen molar-refractivity contribution in [1.82, 2.24) is 5.32 Å². The molecule has 1 nitrogen and oxygen atoms in total. The second kappa shape index (κ2) is 8.32. The Balaban J connectivity index is 2.05. The lowest BCUT2D eigenvalue weighted by molar-refractivity contribution is 0.507. The molecule has 0 amide bonds. The topological polar surface area (TPSA) is 12.0 Å². The average molecular weight is 417 g/mol. The number of hydrogen-bond donors (Lipinski definition) is 1. The monoisotopic (exact) mass is 415 g/mol. The van der Waals surface area contributed by atoms with Crippen LogP contribution in [-0.4, -0.2) is 12.6 Å². The molecule has 0 aliphatic rings. The zero-order chi connectivity index (χ0) is 14.4. The molecule has 0 radical (unpaired) electrons. The van der Waals surface area contributed by atoms with E-state index >= 15 is 0 Å². The van der Waals surface area contributed by atoms with Crippen molar-refractivity contribution in [2.45, 2.75) is 32.2 Å². The first-order valence-electron chi connectivity index (χ1n) is 6.88. The number of hydrogen-bond acceptors (Lipinski definition) is 2. The number of nitrogens with one attached hydrogen (secondary N) is 1. The Bertz CT molecular complexity index is 539. The highest BCUT2D eigenvalue weighted by molar-refractivity contribution is 9.10. The first-order chi connectivity index (χ1) is 9.69. The molecule has 2 rings (SSSR count). The number of thiophene rings is 1. The first kappa shape index (κ1) is 16.2. The van der Waals surface area contributed by atoms with Gasteiger partial charge in [0.2, 0.25) is 0 Å². The molecule has 108 valence electrons. The van der Waals surface area contributed by atoms with Crippen LogP contribution in [0.5, 0.6) is 0 Å². The van der Waals surface area contributed by atoms with Gasteiger partial charge in [-0.15, -0.1) is 11.3 Å². The van der Waals surface area contributed by atoms with E-state index in [2.05, 4.69) is 79.8 Å². The van der Waals surface area contributed by atoms with Crippen LogP contribution in [-0.2, 0) is 12.8 Å². The zero-order valence-electron chi connectivity index (χ0n) is 11.5. The van der Waals surface area contributed by atoms with E-state index in [0.29, 0.717) is 6.04 Å². The second-order valence-electron chi connectivity index (χ2n) is 4.88. The maximum atomic E-state index is 3.67. The maximum Gasteiger partial charge on any atom is 0.0285 e. The van der Waals surface area contributed by atoms with Crippen LogP contribution in [0.3, 0.4) is 0 Å². The molecule has 1 aromatic carbocycles. The van der Waals surface area contributed by atoms with Crippen LogP contribution >= 0.6 is 43.2 Å². The minimum atomic E-state index is 0.485. The molecule has 4 heteroatoms. The molecule has 2 aromatic rings. The van der Waals surface area contributed by atoms with E-state index in [4.69, 9.17) is 0 Å². The van der Waals surface area contributed by atoms with Gasteiger partial charge in [-0.2, -0.15) is 0 Å². The van der Waals surface area contributed by atoms with E-state index in [1.54, 1.807) is 0 Å². The Kier molecular flexibility index (Phi) is 6.75. The fraction of sp³-hybridized carbons (Fsp3) is 0.375. The Morgan fingerprint density at radius 1 is 1.20 bits per heavy atom. The van der Waals surface area contributed by atoms with Gasteiger partial charge in [0.15, 0.2) is 0 Å². The van der Waals surface area contributed by atoms with Crippen molar-refractivity contribution < 1.29 is 0 Å². The van der Waals surface area contributed by atoms with E-state index in [1.165, 1.54) is 25.8 Å². The molecule has 20 heavy (non-hydrogen) atoms. The molecule has 1 atom stereocenters. The van der Waals surface area contributed by atoms with Crippen LogP contribution in [0.4, 0.5) is 0 Å². The summed E-state index contributed by atoms with van der Waals surface area (Å²) in [6.45, 7) is 3.28. The number of benzene rings is 1. The third kappa shape index (κ3) is 4.99. The lowest BCUT2D eigenvalue weighted by atomic mass is 10.0. The Morgan fingerprint density at radius 3 is 2.65 bits per heavy atom. The third-order valence-electron chi connectivity index (χ3n) is 3.18. The van der Waals surface area contributed by atoms with Crippen LogP contribution in [0.1, 0.15) is 23.8 Å². The molecule has 0 bridgehead atoms. The molecule has 0 spiro atoms. The fourth-order valence-corrected chi connectivity index (χ4v) is 4.18. The summed E-state index contributed by atoms with van der Waals surface area (Å²) < 4.78 is 2.39. The van der Waals surface area contributed by atoms with Gasteiger partial charge in [0.1, 0.15) is 0 Å². The maximum absolute atomic E-state index is 3.67. The molecule has 1 aromatic heterocycles. The fourth-order valence-electron chi connectivity index (χ4n) is 2.20. The van der Waals surface area contributed by atoms with Gasteiger partial charge < -0.3 is 5.32 Å². The normalized spacial score (nSPS) is 12.6. The summed E-state index contributed by atoms with van der Waals surface area (Å²) in [6, 6.07) is 11.2. The highest BCUT2D eigenvalue weighted by Gasteiger charge is 2.12. The smallest absolute Gasteiger partial charge is 0.0285 e. The minimum absolute atomic E-state index is 0.485. The van der Waals surface area contributed by atoms with E-state index in [9.17, 15) is 0 Å². The van der Waals surface area contributed by atoms with Crippen LogP contribution in [0.2, 0.25) is 0 Å². The van der Waals surface area contributed by atoms with Crippen molar-refractivity contribution in [2.24, 2.45) is 0 Å².